The zero-order chi connectivity index (χ0) is 11.4. The van der Waals surface area contributed by atoms with Gasteiger partial charge in [0.15, 0.2) is 0 Å². The second kappa shape index (κ2) is 5.69. The van der Waals surface area contributed by atoms with Crippen LogP contribution in [-0.2, 0) is 0 Å². The zero-order valence-electron chi connectivity index (χ0n) is 8.97. The molecule has 0 saturated heterocycles. The van der Waals surface area contributed by atoms with Crippen LogP contribution >= 0.6 is 27.5 Å². The van der Waals surface area contributed by atoms with Crippen LogP contribution in [0.2, 0.25) is 5.02 Å². The third-order valence-electron chi connectivity index (χ3n) is 2.58. The lowest BCUT2D eigenvalue weighted by molar-refractivity contribution is 0.731. The molecule has 1 N–H and O–H groups in total. The minimum absolute atomic E-state index is 0.736. The van der Waals surface area contributed by atoms with Crippen LogP contribution < -0.4 is 5.32 Å². The first-order valence-corrected chi connectivity index (χ1v) is 6.68. The van der Waals surface area contributed by atoms with Gasteiger partial charge in [0, 0.05) is 22.5 Å². The van der Waals surface area contributed by atoms with Crippen molar-refractivity contribution in [2.24, 2.45) is 4.99 Å². The quantitative estimate of drug-likeness (QED) is 0.812. The van der Waals surface area contributed by atoms with Gasteiger partial charge in [-0.15, -0.1) is 0 Å². The number of rotatable bonds is 1. The Hall–Kier alpha value is -0.540. The van der Waals surface area contributed by atoms with Gasteiger partial charge in [0.1, 0.15) is 5.84 Å². The fourth-order valence-electron chi connectivity index (χ4n) is 1.72. The minimum Gasteiger partial charge on any atom is -0.343 e. The van der Waals surface area contributed by atoms with E-state index in [4.69, 9.17) is 11.6 Å². The van der Waals surface area contributed by atoms with E-state index in [1.54, 1.807) is 0 Å². The molecule has 0 radical (unpaired) electrons. The van der Waals surface area contributed by atoms with E-state index in [0.29, 0.717) is 0 Å². The molecule has 0 saturated carbocycles. The maximum atomic E-state index is 5.97. The van der Waals surface area contributed by atoms with Crippen molar-refractivity contribution in [1.82, 2.24) is 0 Å². The number of benzene rings is 1. The van der Waals surface area contributed by atoms with E-state index < -0.39 is 0 Å². The van der Waals surface area contributed by atoms with Gasteiger partial charge in [0.25, 0.3) is 0 Å². The molecule has 0 aliphatic carbocycles. The summed E-state index contributed by atoms with van der Waals surface area (Å²) < 4.78 is 1.02. The highest BCUT2D eigenvalue weighted by atomic mass is 79.9. The van der Waals surface area contributed by atoms with Crippen molar-refractivity contribution in [3.8, 4) is 0 Å². The number of nitrogens with one attached hydrogen (secondary N) is 1. The summed E-state index contributed by atoms with van der Waals surface area (Å²) in [6.07, 6.45) is 4.70. The summed E-state index contributed by atoms with van der Waals surface area (Å²) in [7, 11) is 0. The summed E-state index contributed by atoms with van der Waals surface area (Å²) in [5.41, 5.74) is 0.994. The molecule has 1 aliphatic rings. The van der Waals surface area contributed by atoms with Crippen LogP contribution in [0.5, 0.6) is 0 Å². The molecule has 1 aromatic rings. The Morgan fingerprint density at radius 1 is 1.25 bits per heavy atom. The molecule has 16 heavy (non-hydrogen) atoms. The van der Waals surface area contributed by atoms with Gasteiger partial charge in [0.2, 0.25) is 0 Å². The summed E-state index contributed by atoms with van der Waals surface area (Å²) in [6, 6.07) is 5.73. The lowest BCUT2D eigenvalue weighted by Gasteiger charge is -2.10. The molecule has 1 aromatic carbocycles. The lowest BCUT2D eigenvalue weighted by Crippen LogP contribution is -2.11. The fourth-order valence-corrected chi connectivity index (χ4v) is 2.24. The molecule has 0 unspecified atom stereocenters. The van der Waals surface area contributed by atoms with E-state index in [2.05, 4.69) is 26.2 Å². The Labute approximate surface area is 109 Å². The first kappa shape index (κ1) is 11.9. The van der Waals surface area contributed by atoms with E-state index in [1.165, 1.54) is 19.3 Å². The average Bonchev–Trinajstić information content (AvgIpc) is 2.52. The zero-order valence-corrected chi connectivity index (χ0v) is 11.3. The smallest absolute Gasteiger partial charge is 0.101 e. The monoisotopic (exact) mass is 300 g/mol. The molecule has 0 spiro atoms. The van der Waals surface area contributed by atoms with Gasteiger partial charge in [-0.1, -0.05) is 18.0 Å². The molecule has 4 heteroatoms. The largest absolute Gasteiger partial charge is 0.343 e. The van der Waals surface area contributed by atoms with Gasteiger partial charge in [-0.25, -0.2) is 0 Å². The Morgan fingerprint density at radius 2 is 2.12 bits per heavy atom. The van der Waals surface area contributed by atoms with E-state index in [-0.39, 0.29) is 0 Å². The van der Waals surface area contributed by atoms with Crippen molar-refractivity contribution in [3.05, 3.63) is 27.7 Å². The van der Waals surface area contributed by atoms with Gasteiger partial charge in [-0.3, -0.25) is 4.99 Å². The summed E-state index contributed by atoms with van der Waals surface area (Å²) in [6.45, 7) is 0.931. The average molecular weight is 302 g/mol. The van der Waals surface area contributed by atoms with E-state index in [1.807, 2.05) is 18.2 Å². The third-order valence-corrected chi connectivity index (χ3v) is 3.51. The minimum atomic E-state index is 0.736. The van der Waals surface area contributed by atoms with Crippen LogP contribution in [0, 0.1) is 0 Å². The van der Waals surface area contributed by atoms with Gasteiger partial charge in [-0.2, -0.15) is 0 Å². The number of nitrogens with zero attached hydrogens (tertiary/aromatic N) is 1. The van der Waals surface area contributed by atoms with Crippen molar-refractivity contribution in [2.75, 3.05) is 11.9 Å². The number of anilines is 1. The fraction of sp³-hybridized carbons (Fsp3) is 0.417. The second-order valence-corrected chi connectivity index (χ2v) is 5.18. The molecule has 0 fully saturated rings. The number of aliphatic imine (C=N–C) groups is 1. The Kier molecular flexibility index (Phi) is 4.24. The Balaban J connectivity index is 2.13. The molecule has 0 atom stereocenters. The number of amidine groups is 1. The first-order chi connectivity index (χ1) is 7.75. The summed E-state index contributed by atoms with van der Waals surface area (Å²) >= 11 is 9.47. The molecule has 86 valence electrons. The summed E-state index contributed by atoms with van der Waals surface area (Å²) in [5.74, 6) is 1.07. The van der Waals surface area contributed by atoms with Crippen LogP contribution in [0.15, 0.2) is 27.7 Å². The van der Waals surface area contributed by atoms with Gasteiger partial charge in [0.05, 0.1) is 5.69 Å². The van der Waals surface area contributed by atoms with E-state index >= 15 is 0 Å². The maximum absolute atomic E-state index is 5.97. The van der Waals surface area contributed by atoms with Crippen molar-refractivity contribution in [1.29, 1.82) is 0 Å². The highest BCUT2D eigenvalue weighted by Gasteiger charge is 2.07. The molecule has 0 bridgehead atoms. The van der Waals surface area contributed by atoms with Crippen molar-refractivity contribution < 1.29 is 0 Å². The molecule has 1 aliphatic heterocycles. The molecule has 2 rings (SSSR count). The molecule has 2 nitrogen and oxygen atoms in total. The van der Waals surface area contributed by atoms with Crippen molar-refractivity contribution in [2.45, 2.75) is 25.7 Å². The Bertz CT molecular complexity index is 404. The Morgan fingerprint density at radius 3 is 3.00 bits per heavy atom. The van der Waals surface area contributed by atoms with Gasteiger partial charge < -0.3 is 5.32 Å². The molecule has 0 amide bonds. The third kappa shape index (κ3) is 3.22. The highest BCUT2D eigenvalue weighted by molar-refractivity contribution is 9.10. The van der Waals surface area contributed by atoms with E-state index in [9.17, 15) is 0 Å². The standard InChI is InChI=1S/C12H14BrClN2/c13-10-6-5-9(14)8-11(10)16-12-4-2-1-3-7-15-12/h5-6,8H,1-4,7H2,(H,15,16). The predicted octanol–water partition coefficient (Wildman–Crippen LogP) is 4.49. The molecular formula is C12H14BrClN2. The number of hydrogen-bond donors (Lipinski definition) is 1. The van der Waals surface area contributed by atoms with Crippen LogP contribution in [0.1, 0.15) is 25.7 Å². The summed E-state index contributed by atoms with van der Waals surface area (Å²) in [5, 5.41) is 4.08. The van der Waals surface area contributed by atoms with E-state index in [0.717, 1.165) is 34.0 Å². The second-order valence-electron chi connectivity index (χ2n) is 3.89. The molecule has 0 aromatic heterocycles. The first-order valence-electron chi connectivity index (χ1n) is 5.51. The predicted molar refractivity (Wildman–Crippen MR) is 73.5 cm³/mol. The lowest BCUT2D eigenvalue weighted by atomic mass is 10.2. The van der Waals surface area contributed by atoms with Crippen LogP contribution in [0.25, 0.3) is 0 Å². The van der Waals surface area contributed by atoms with Crippen molar-refractivity contribution in [3.63, 3.8) is 0 Å². The highest BCUT2D eigenvalue weighted by Crippen LogP contribution is 2.26. The SMILES string of the molecule is Clc1ccc(Br)c(NC2=NCCCCC2)c1. The topological polar surface area (TPSA) is 24.4 Å². The number of hydrogen-bond acceptors (Lipinski definition) is 2. The van der Waals surface area contributed by atoms with Gasteiger partial charge in [-0.05, 0) is 47.0 Å². The van der Waals surface area contributed by atoms with Gasteiger partial charge >= 0.3 is 0 Å². The van der Waals surface area contributed by atoms with Crippen LogP contribution in [0.3, 0.4) is 0 Å². The van der Waals surface area contributed by atoms with Crippen LogP contribution in [-0.4, -0.2) is 12.4 Å². The molecule has 1 heterocycles. The maximum Gasteiger partial charge on any atom is 0.101 e. The van der Waals surface area contributed by atoms with Crippen molar-refractivity contribution >= 4 is 39.1 Å². The summed E-state index contributed by atoms with van der Waals surface area (Å²) in [4.78, 5) is 4.53. The normalized spacial score (nSPS) is 16.5. The van der Waals surface area contributed by atoms with Crippen LogP contribution in [0.4, 0.5) is 5.69 Å². The number of halogens is 2. The molecular weight excluding hydrogens is 288 g/mol.